The van der Waals surface area contributed by atoms with Crippen molar-refractivity contribution >= 4 is 11.6 Å². The number of nitrogen functional groups attached to an aromatic ring is 1. The summed E-state index contributed by atoms with van der Waals surface area (Å²) in [5, 5.41) is 3.14. The first kappa shape index (κ1) is 12.5. The largest absolute Gasteiger partial charge is 0.399 e. The Kier molecular flexibility index (Phi) is 3.19. The van der Waals surface area contributed by atoms with Crippen LogP contribution >= 0.6 is 0 Å². The zero-order chi connectivity index (χ0) is 13.3. The Morgan fingerprint density at radius 2 is 2.05 bits per heavy atom. The number of nitrogens with one attached hydrogen (secondary N) is 1. The number of hydrogen-bond acceptors (Lipinski definition) is 3. The molecule has 1 aromatic rings. The van der Waals surface area contributed by atoms with Crippen LogP contribution in [0, 0.1) is 0 Å². The lowest BCUT2D eigenvalue weighted by Gasteiger charge is -2.25. The first-order chi connectivity index (χ1) is 9.21. The quantitative estimate of drug-likeness (QED) is 0.811. The second-order valence-corrected chi connectivity index (χ2v) is 5.59. The lowest BCUT2D eigenvalue weighted by atomic mass is 9.94. The van der Waals surface area contributed by atoms with Crippen LogP contribution in [0.1, 0.15) is 31.2 Å². The Bertz CT molecular complexity index is 460. The summed E-state index contributed by atoms with van der Waals surface area (Å²) < 4.78 is 5.41. The molecule has 1 heterocycles. The zero-order valence-corrected chi connectivity index (χ0v) is 11.0. The van der Waals surface area contributed by atoms with E-state index in [1.165, 1.54) is 0 Å². The number of carbonyl (C=O) groups excluding carboxylic acids is 1. The monoisotopic (exact) mass is 260 g/mol. The topological polar surface area (TPSA) is 64.4 Å². The molecule has 0 radical (unpaired) electrons. The summed E-state index contributed by atoms with van der Waals surface area (Å²) in [6, 6.07) is 7.85. The molecule has 2 aliphatic rings. The third-order valence-corrected chi connectivity index (χ3v) is 4.14. The fourth-order valence-electron chi connectivity index (χ4n) is 2.75. The highest BCUT2D eigenvalue weighted by atomic mass is 16.5. The van der Waals surface area contributed by atoms with E-state index in [2.05, 4.69) is 5.32 Å². The molecule has 1 aliphatic carbocycles. The Hall–Kier alpha value is -1.55. The molecule has 1 atom stereocenters. The van der Waals surface area contributed by atoms with Crippen LogP contribution in [-0.2, 0) is 14.9 Å². The molecule has 1 aromatic carbocycles. The first-order valence-corrected chi connectivity index (χ1v) is 6.95. The molecule has 2 fully saturated rings. The highest BCUT2D eigenvalue weighted by Crippen LogP contribution is 2.48. The van der Waals surface area contributed by atoms with Crippen LogP contribution in [0.3, 0.4) is 0 Å². The molecule has 1 amide bonds. The molecule has 1 saturated carbocycles. The van der Waals surface area contributed by atoms with Crippen molar-refractivity contribution in [2.45, 2.75) is 37.1 Å². The number of nitrogens with two attached hydrogens (primary N) is 1. The number of anilines is 1. The Labute approximate surface area is 113 Å². The standard InChI is InChI=1S/C15H20N2O2/c16-12-5-3-11(4-6-12)15(7-8-15)14(18)17-13-2-1-9-19-10-13/h3-6,13H,1-2,7-10,16H2,(H,17,18). The lowest BCUT2D eigenvalue weighted by Crippen LogP contribution is -2.45. The molecular formula is C15H20N2O2. The van der Waals surface area contributed by atoms with E-state index in [9.17, 15) is 4.79 Å². The molecule has 19 heavy (non-hydrogen) atoms. The molecule has 102 valence electrons. The van der Waals surface area contributed by atoms with Crippen LogP contribution in [-0.4, -0.2) is 25.2 Å². The summed E-state index contributed by atoms with van der Waals surface area (Å²) in [7, 11) is 0. The number of benzene rings is 1. The fraction of sp³-hybridized carbons (Fsp3) is 0.533. The van der Waals surface area contributed by atoms with Crippen LogP contribution in [0.2, 0.25) is 0 Å². The van der Waals surface area contributed by atoms with Crippen molar-refractivity contribution in [2.24, 2.45) is 0 Å². The predicted molar refractivity (Wildman–Crippen MR) is 73.8 cm³/mol. The number of amides is 1. The average molecular weight is 260 g/mol. The van der Waals surface area contributed by atoms with Gasteiger partial charge in [-0.1, -0.05) is 12.1 Å². The first-order valence-electron chi connectivity index (χ1n) is 6.95. The van der Waals surface area contributed by atoms with Crippen molar-refractivity contribution < 1.29 is 9.53 Å². The summed E-state index contributed by atoms with van der Waals surface area (Å²) in [5.41, 5.74) is 7.20. The van der Waals surface area contributed by atoms with Crippen LogP contribution < -0.4 is 11.1 Å². The van der Waals surface area contributed by atoms with Gasteiger partial charge in [-0.3, -0.25) is 4.79 Å². The van der Waals surface area contributed by atoms with E-state index in [0.717, 1.165) is 43.5 Å². The molecule has 4 nitrogen and oxygen atoms in total. The van der Waals surface area contributed by atoms with E-state index in [1.54, 1.807) is 0 Å². The van der Waals surface area contributed by atoms with Crippen molar-refractivity contribution in [1.29, 1.82) is 0 Å². The maximum atomic E-state index is 12.5. The Morgan fingerprint density at radius 3 is 2.63 bits per heavy atom. The minimum absolute atomic E-state index is 0.146. The lowest BCUT2D eigenvalue weighted by molar-refractivity contribution is -0.125. The van der Waals surface area contributed by atoms with Crippen molar-refractivity contribution in [2.75, 3.05) is 18.9 Å². The number of hydrogen-bond donors (Lipinski definition) is 2. The average Bonchev–Trinajstić information content (AvgIpc) is 3.22. The van der Waals surface area contributed by atoms with Crippen molar-refractivity contribution in [3.8, 4) is 0 Å². The number of ether oxygens (including phenoxy) is 1. The van der Waals surface area contributed by atoms with Crippen LogP contribution in [0.15, 0.2) is 24.3 Å². The fourth-order valence-corrected chi connectivity index (χ4v) is 2.75. The highest BCUT2D eigenvalue weighted by Gasteiger charge is 2.51. The molecule has 4 heteroatoms. The van der Waals surface area contributed by atoms with Gasteiger partial charge < -0.3 is 15.8 Å². The summed E-state index contributed by atoms with van der Waals surface area (Å²) in [5.74, 6) is 0.146. The maximum absolute atomic E-state index is 12.5. The summed E-state index contributed by atoms with van der Waals surface area (Å²) in [6.45, 7) is 1.46. The van der Waals surface area contributed by atoms with Crippen LogP contribution in [0.5, 0.6) is 0 Å². The second kappa shape index (κ2) is 4.85. The minimum atomic E-state index is -0.314. The van der Waals surface area contributed by atoms with Gasteiger partial charge in [0, 0.05) is 12.3 Å². The summed E-state index contributed by atoms with van der Waals surface area (Å²) in [4.78, 5) is 12.5. The zero-order valence-electron chi connectivity index (χ0n) is 11.0. The molecule has 1 aliphatic heterocycles. The van der Waals surface area contributed by atoms with E-state index in [0.29, 0.717) is 6.61 Å². The van der Waals surface area contributed by atoms with Gasteiger partial charge in [-0.2, -0.15) is 0 Å². The smallest absolute Gasteiger partial charge is 0.230 e. The van der Waals surface area contributed by atoms with Crippen LogP contribution in [0.25, 0.3) is 0 Å². The van der Waals surface area contributed by atoms with E-state index >= 15 is 0 Å². The molecule has 1 saturated heterocycles. The van der Waals surface area contributed by atoms with Gasteiger partial charge in [0.05, 0.1) is 18.1 Å². The molecule has 1 unspecified atom stereocenters. The van der Waals surface area contributed by atoms with E-state index < -0.39 is 0 Å². The molecule has 3 rings (SSSR count). The second-order valence-electron chi connectivity index (χ2n) is 5.59. The summed E-state index contributed by atoms with van der Waals surface area (Å²) >= 11 is 0. The van der Waals surface area contributed by atoms with Gasteiger partial charge in [-0.05, 0) is 43.4 Å². The number of rotatable bonds is 3. The summed E-state index contributed by atoms with van der Waals surface area (Å²) in [6.07, 6.45) is 3.90. The molecule has 0 spiro atoms. The third kappa shape index (κ3) is 2.45. The molecular weight excluding hydrogens is 240 g/mol. The Morgan fingerprint density at radius 1 is 1.32 bits per heavy atom. The van der Waals surface area contributed by atoms with Gasteiger partial charge in [0.15, 0.2) is 0 Å². The van der Waals surface area contributed by atoms with Gasteiger partial charge in [0.1, 0.15) is 0 Å². The van der Waals surface area contributed by atoms with Crippen LogP contribution in [0.4, 0.5) is 5.69 Å². The third-order valence-electron chi connectivity index (χ3n) is 4.14. The van der Waals surface area contributed by atoms with E-state index in [1.807, 2.05) is 24.3 Å². The predicted octanol–water partition coefficient (Wildman–Crippen LogP) is 1.60. The normalized spacial score (nSPS) is 24.7. The van der Waals surface area contributed by atoms with Gasteiger partial charge in [0.2, 0.25) is 5.91 Å². The SMILES string of the molecule is Nc1ccc(C2(C(=O)NC3CCCOC3)CC2)cc1. The van der Waals surface area contributed by atoms with Gasteiger partial charge in [-0.15, -0.1) is 0 Å². The van der Waals surface area contributed by atoms with Gasteiger partial charge in [0.25, 0.3) is 0 Å². The van der Waals surface area contributed by atoms with E-state index in [-0.39, 0.29) is 17.4 Å². The van der Waals surface area contributed by atoms with Gasteiger partial charge >= 0.3 is 0 Å². The van der Waals surface area contributed by atoms with E-state index in [4.69, 9.17) is 10.5 Å². The minimum Gasteiger partial charge on any atom is -0.399 e. The van der Waals surface area contributed by atoms with Gasteiger partial charge in [-0.25, -0.2) is 0 Å². The molecule has 3 N–H and O–H groups in total. The van der Waals surface area contributed by atoms with Crippen molar-refractivity contribution in [1.82, 2.24) is 5.32 Å². The Balaban J connectivity index is 1.70. The van der Waals surface area contributed by atoms with Crippen molar-refractivity contribution in [3.63, 3.8) is 0 Å². The van der Waals surface area contributed by atoms with Crippen molar-refractivity contribution in [3.05, 3.63) is 29.8 Å². The molecule has 0 aromatic heterocycles. The maximum Gasteiger partial charge on any atom is 0.230 e. The highest BCUT2D eigenvalue weighted by molar-refractivity contribution is 5.91. The molecule has 0 bridgehead atoms. The number of carbonyl (C=O) groups is 1.